The molecule has 1 amide bonds. The van der Waals surface area contributed by atoms with E-state index in [4.69, 9.17) is 4.74 Å². The van der Waals surface area contributed by atoms with Crippen LogP contribution in [0.1, 0.15) is 24.0 Å². The van der Waals surface area contributed by atoms with E-state index in [-0.39, 0.29) is 11.8 Å². The van der Waals surface area contributed by atoms with Crippen molar-refractivity contribution in [3.63, 3.8) is 0 Å². The van der Waals surface area contributed by atoms with Crippen LogP contribution in [-0.2, 0) is 11.2 Å². The van der Waals surface area contributed by atoms with Crippen molar-refractivity contribution in [3.05, 3.63) is 90.0 Å². The molecule has 3 heteroatoms. The number of carbonyl (C=O) groups is 1. The van der Waals surface area contributed by atoms with Gasteiger partial charge in [0.1, 0.15) is 5.75 Å². The number of amides is 1. The van der Waals surface area contributed by atoms with Crippen LogP contribution in [0.5, 0.6) is 5.75 Å². The van der Waals surface area contributed by atoms with E-state index in [9.17, 15) is 4.79 Å². The van der Waals surface area contributed by atoms with Crippen LogP contribution in [-0.4, -0.2) is 12.5 Å². The van der Waals surface area contributed by atoms with Crippen LogP contribution in [0.15, 0.2) is 78.9 Å². The summed E-state index contributed by atoms with van der Waals surface area (Å²) in [7, 11) is 0. The van der Waals surface area contributed by atoms with Crippen LogP contribution >= 0.6 is 0 Å². The summed E-state index contributed by atoms with van der Waals surface area (Å²) in [6, 6.07) is 26.0. The van der Waals surface area contributed by atoms with Gasteiger partial charge >= 0.3 is 0 Å². The molecule has 0 N–H and O–H groups in total. The molecule has 1 aliphatic heterocycles. The standard InChI is InChI=1S/C23H21NO2/c1-2-26-19-14-12-17(13-15-19)16-21-20-10-6-7-11-22(20)24(23(21)25)18-8-4-3-5-9-18/h3-15,21H,2,16H2,1H3/t21-/m0/s1. The highest BCUT2D eigenvalue weighted by molar-refractivity contribution is 6.10. The van der Waals surface area contributed by atoms with Crippen molar-refractivity contribution in [1.82, 2.24) is 0 Å². The first-order valence-corrected chi connectivity index (χ1v) is 8.97. The number of ether oxygens (including phenoxy) is 1. The summed E-state index contributed by atoms with van der Waals surface area (Å²) in [4.78, 5) is 15.1. The van der Waals surface area contributed by atoms with Crippen LogP contribution in [0.4, 0.5) is 11.4 Å². The Hall–Kier alpha value is -3.07. The van der Waals surface area contributed by atoms with E-state index in [1.807, 2.05) is 84.6 Å². The molecule has 26 heavy (non-hydrogen) atoms. The third-order valence-electron chi connectivity index (χ3n) is 4.76. The summed E-state index contributed by atoms with van der Waals surface area (Å²) in [6.07, 6.45) is 0.686. The number of fused-ring (bicyclic) bond motifs is 1. The van der Waals surface area contributed by atoms with E-state index in [2.05, 4.69) is 6.07 Å². The highest BCUT2D eigenvalue weighted by atomic mass is 16.5. The second kappa shape index (κ2) is 7.04. The fraction of sp³-hybridized carbons (Fsp3) is 0.174. The topological polar surface area (TPSA) is 29.5 Å². The zero-order chi connectivity index (χ0) is 17.9. The van der Waals surface area contributed by atoms with Crippen molar-refractivity contribution < 1.29 is 9.53 Å². The molecule has 0 saturated carbocycles. The quantitative estimate of drug-likeness (QED) is 0.646. The molecule has 130 valence electrons. The fourth-order valence-corrected chi connectivity index (χ4v) is 3.56. The monoisotopic (exact) mass is 343 g/mol. The van der Waals surface area contributed by atoms with E-state index in [0.717, 1.165) is 28.3 Å². The summed E-state index contributed by atoms with van der Waals surface area (Å²) in [5, 5.41) is 0. The summed E-state index contributed by atoms with van der Waals surface area (Å²) in [6.45, 7) is 2.63. The summed E-state index contributed by atoms with van der Waals surface area (Å²) in [5.41, 5.74) is 4.13. The molecule has 0 aromatic heterocycles. The van der Waals surface area contributed by atoms with E-state index in [1.54, 1.807) is 0 Å². The van der Waals surface area contributed by atoms with Gasteiger partial charge in [-0.2, -0.15) is 0 Å². The van der Waals surface area contributed by atoms with Gasteiger partial charge in [-0.3, -0.25) is 9.69 Å². The summed E-state index contributed by atoms with van der Waals surface area (Å²) in [5.74, 6) is 0.830. The molecule has 0 radical (unpaired) electrons. The molecule has 4 rings (SSSR count). The highest BCUT2D eigenvalue weighted by Gasteiger charge is 2.37. The number of anilines is 2. The Kier molecular flexibility index (Phi) is 4.44. The molecule has 1 aliphatic rings. The maximum atomic E-state index is 13.2. The van der Waals surface area contributed by atoms with Gasteiger partial charge in [0.15, 0.2) is 0 Å². The molecule has 0 bridgehead atoms. The zero-order valence-corrected chi connectivity index (χ0v) is 14.8. The lowest BCUT2D eigenvalue weighted by Crippen LogP contribution is -2.24. The Morgan fingerprint density at radius 2 is 1.58 bits per heavy atom. The number of para-hydroxylation sites is 2. The minimum Gasteiger partial charge on any atom is -0.494 e. The molecule has 3 aromatic carbocycles. The van der Waals surface area contributed by atoms with Crippen LogP contribution in [0.25, 0.3) is 0 Å². The third-order valence-corrected chi connectivity index (χ3v) is 4.76. The Morgan fingerprint density at radius 3 is 2.31 bits per heavy atom. The molecule has 3 aromatic rings. The smallest absolute Gasteiger partial charge is 0.239 e. The van der Waals surface area contributed by atoms with Gasteiger partial charge in [-0.15, -0.1) is 0 Å². The molecule has 1 heterocycles. The molecule has 0 aliphatic carbocycles. The first-order valence-electron chi connectivity index (χ1n) is 8.97. The van der Waals surface area contributed by atoms with Crippen molar-refractivity contribution in [3.8, 4) is 5.75 Å². The first-order chi connectivity index (χ1) is 12.8. The van der Waals surface area contributed by atoms with Crippen molar-refractivity contribution in [1.29, 1.82) is 0 Å². The van der Waals surface area contributed by atoms with Crippen molar-refractivity contribution >= 4 is 17.3 Å². The number of hydrogen-bond acceptors (Lipinski definition) is 2. The predicted molar refractivity (Wildman–Crippen MR) is 104 cm³/mol. The van der Waals surface area contributed by atoms with E-state index >= 15 is 0 Å². The zero-order valence-electron chi connectivity index (χ0n) is 14.8. The molecule has 0 spiro atoms. The van der Waals surface area contributed by atoms with Crippen molar-refractivity contribution in [2.24, 2.45) is 0 Å². The Balaban J connectivity index is 1.65. The van der Waals surface area contributed by atoms with Crippen LogP contribution in [0.3, 0.4) is 0 Å². The first kappa shape index (κ1) is 16.4. The van der Waals surface area contributed by atoms with Gasteiger partial charge in [0.05, 0.1) is 18.2 Å². The largest absolute Gasteiger partial charge is 0.494 e. The molecular weight excluding hydrogens is 322 g/mol. The fourth-order valence-electron chi connectivity index (χ4n) is 3.56. The second-order valence-corrected chi connectivity index (χ2v) is 6.40. The molecular formula is C23H21NO2. The Morgan fingerprint density at radius 1 is 0.885 bits per heavy atom. The summed E-state index contributed by atoms with van der Waals surface area (Å²) >= 11 is 0. The average Bonchev–Trinajstić information content (AvgIpc) is 2.96. The maximum absolute atomic E-state index is 13.2. The Bertz CT molecular complexity index is 903. The van der Waals surface area contributed by atoms with Crippen LogP contribution in [0, 0.1) is 0 Å². The van der Waals surface area contributed by atoms with E-state index in [1.165, 1.54) is 0 Å². The number of carbonyl (C=O) groups excluding carboxylic acids is 1. The lowest BCUT2D eigenvalue weighted by Gasteiger charge is -2.18. The number of nitrogens with zero attached hydrogens (tertiary/aromatic N) is 1. The van der Waals surface area contributed by atoms with Gasteiger partial charge in [0.2, 0.25) is 5.91 Å². The number of rotatable bonds is 5. The van der Waals surface area contributed by atoms with Crippen LogP contribution in [0.2, 0.25) is 0 Å². The molecule has 1 atom stereocenters. The van der Waals surface area contributed by atoms with Gasteiger partial charge in [-0.1, -0.05) is 48.5 Å². The molecule has 0 fully saturated rings. The Labute approximate surface area is 153 Å². The van der Waals surface area contributed by atoms with E-state index in [0.29, 0.717) is 13.0 Å². The van der Waals surface area contributed by atoms with E-state index < -0.39 is 0 Å². The second-order valence-electron chi connectivity index (χ2n) is 6.40. The van der Waals surface area contributed by atoms with Crippen LogP contribution < -0.4 is 9.64 Å². The van der Waals surface area contributed by atoms with Crippen molar-refractivity contribution in [2.75, 3.05) is 11.5 Å². The minimum atomic E-state index is -0.163. The maximum Gasteiger partial charge on any atom is 0.239 e. The third kappa shape index (κ3) is 2.97. The lowest BCUT2D eigenvalue weighted by molar-refractivity contribution is -0.118. The van der Waals surface area contributed by atoms with Gasteiger partial charge in [-0.05, 0) is 54.8 Å². The van der Waals surface area contributed by atoms with Crippen molar-refractivity contribution in [2.45, 2.75) is 19.3 Å². The average molecular weight is 343 g/mol. The highest BCUT2D eigenvalue weighted by Crippen LogP contribution is 2.43. The number of benzene rings is 3. The normalized spacial score (nSPS) is 15.8. The lowest BCUT2D eigenvalue weighted by atomic mass is 9.93. The minimum absolute atomic E-state index is 0.131. The van der Waals surface area contributed by atoms with Gasteiger partial charge in [-0.25, -0.2) is 0 Å². The van der Waals surface area contributed by atoms with Gasteiger partial charge in [0.25, 0.3) is 0 Å². The molecule has 0 saturated heterocycles. The molecule has 0 unspecified atom stereocenters. The number of hydrogen-bond donors (Lipinski definition) is 0. The van der Waals surface area contributed by atoms with Gasteiger partial charge in [0, 0.05) is 5.69 Å². The molecule has 3 nitrogen and oxygen atoms in total. The summed E-state index contributed by atoms with van der Waals surface area (Å²) < 4.78 is 5.51. The SMILES string of the molecule is CCOc1ccc(C[C@@H]2C(=O)N(c3ccccc3)c3ccccc32)cc1. The predicted octanol–water partition coefficient (Wildman–Crippen LogP) is 5.09. The van der Waals surface area contributed by atoms with Gasteiger partial charge < -0.3 is 4.74 Å².